The summed E-state index contributed by atoms with van der Waals surface area (Å²) in [5, 5.41) is 85.1. The van der Waals surface area contributed by atoms with E-state index in [1.165, 1.54) is 12.5 Å². The van der Waals surface area contributed by atoms with E-state index in [2.05, 4.69) is 39.8 Å². The standard InChI is InChI=1S/C44H68O16/c1-19-8-13-44(54-17-19)20(2)30-28(60-44)15-26-24-7-6-22-14-23(9-11-42(22,4)25(24)10-12-43(26,30)5)56-41-38(59-40-35(51)33(49)31(47)21(3)55-40)36(52)37(29(16-45)57-41)58-39-34(50)32(48)27(46)18-53-39/h6,15,19-21,23-25,27-41,45-52H,7-14,16-18H2,1-5H3. The second kappa shape index (κ2) is 16.4. The Bertz CT molecular complexity index is 1620. The van der Waals surface area contributed by atoms with Gasteiger partial charge in [-0.3, -0.25) is 0 Å². The highest BCUT2D eigenvalue weighted by Crippen LogP contribution is 2.68. The number of ether oxygens (including phenoxy) is 8. The predicted octanol–water partition coefficient (Wildman–Crippen LogP) is 0.773. The largest absolute Gasteiger partial charge is 0.394 e. The molecule has 4 aliphatic carbocycles. The predicted molar refractivity (Wildman–Crippen MR) is 208 cm³/mol. The van der Waals surface area contributed by atoms with Crippen LogP contribution in [0.25, 0.3) is 0 Å². The Balaban J connectivity index is 0.925. The van der Waals surface area contributed by atoms with Crippen molar-refractivity contribution in [1.29, 1.82) is 0 Å². The van der Waals surface area contributed by atoms with Gasteiger partial charge in [-0.05, 0) is 80.5 Å². The summed E-state index contributed by atoms with van der Waals surface area (Å²) < 4.78 is 49.6. The van der Waals surface area contributed by atoms with Crippen LogP contribution in [0.15, 0.2) is 23.3 Å². The van der Waals surface area contributed by atoms with Gasteiger partial charge in [-0.15, -0.1) is 0 Å². The molecule has 9 rings (SSSR count). The molecule has 0 aromatic carbocycles. The van der Waals surface area contributed by atoms with E-state index in [4.69, 9.17) is 37.9 Å². The Labute approximate surface area is 351 Å². The minimum Gasteiger partial charge on any atom is -0.394 e. The number of hydrogen-bond acceptors (Lipinski definition) is 16. The van der Waals surface area contributed by atoms with Gasteiger partial charge in [-0.25, -0.2) is 0 Å². The number of rotatable bonds is 7. The van der Waals surface area contributed by atoms with Gasteiger partial charge in [-0.2, -0.15) is 0 Å². The fourth-order valence-corrected chi connectivity index (χ4v) is 13.0. The first-order valence-electron chi connectivity index (χ1n) is 22.5. The van der Waals surface area contributed by atoms with E-state index < -0.39 is 98.4 Å². The molecule has 5 saturated heterocycles. The highest BCUT2D eigenvalue weighted by Gasteiger charge is 2.66. The lowest BCUT2D eigenvalue weighted by Crippen LogP contribution is -2.66. The Hall–Kier alpha value is -1.16. The second-order valence-electron chi connectivity index (χ2n) is 20.2. The Morgan fingerprint density at radius 3 is 2.20 bits per heavy atom. The molecule has 340 valence electrons. The zero-order valence-corrected chi connectivity index (χ0v) is 35.4. The van der Waals surface area contributed by atoms with Gasteiger partial charge in [0.25, 0.3) is 0 Å². The molecule has 7 fully saturated rings. The van der Waals surface area contributed by atoms with Crippen LogP contribution in [0.2, 0.25) is 0 Å². The SMILES string of the molecule is CC1CCC2(OC1)OC1C=C3C4CC=C5CC(OC6OC(CO)C(OC7OCC(O)C(O)C7O)C(O)C6OC6OC(C)C(O)C(O)C6O)CCC5(C)C4CCC3(C)C1C2C. The van der Waals surface area contributed by atoms with Gasteiger partial charge in [-0.1, -0.05) is 51.0 Å². The molecule has 0 amide bonds. The Morgan fingerprint density at radius 1 is 0.733 bits per heavy atom. The van der Waals surface area contributed by atoms with Crippen LogP contribution in [0.1, 0.15) is 86.0 Å². The molecule has 5 aliphatic heterocycles. The second-order valence-corrected chi connectivity index (χ2v) is 20.2. The molecule has 0 aromatic heterocycles. The van der Waals surface area contributed by atoms with E-state index in [-0.39, 0.29) is 29.6 Å². The lowest BCUT2D eigenvalue weighted by molar-refractivity contribution is -0.385. The number of aliphatic hydroxyl groups is 8. The molecule has 16 heteroatoms. The van der Waals surface area contributed by atoms with Crippen LogP contribution in [-0.4, -0.2) is 165 Å². The van der Waals surface area contributed by atoms with Gasteiger partial charge < -0.3 is 78.7 Å². The number of hydrogen-bond donors (Lipinski definition) is 8. The smallest absolute Gasteiger partial charge is 0.187 e. The molecule has 5 heterocycles. The van der Waals surface area contributed by atoms with Crippen molar-refractivity contribution in [2.45, 2.75) is 190 Å². The molecule has 9 aliphatic rings. The van der Waals surface area contributed by atoms with Crippen molar-refractivity contribution in [3.8, 4) is 0 Å². The molecule has 24 atom stereocenters. The molecule has 8 N–H and O–H groups in total. The van der Waals surface area contributed by atoms with Crippen LogP contribution in [0.4, 0.5) is 0 Å². The number of aliphatic hydroxyl groups excluding tert-OH is 8. The van der Waals surface area contributed by atoms with Gasteiger partial charge in [0.05, 0.1) is 38.1 Å². The topological polar surface area (TPSA) is 236 Å². The first-order chi connectivity index (χ1) is 28.5. The molecule has 16 nitrogen and oxygen atoms in total. The van der Waals surface area contributed by atoms with E-state index in [9.17, 15) is 40.9 Å². The highest BCUT2D eigenvalue weighted by molar-refractivity contribution is 5.38. The summed E-state index contributed by atoms with van der Waals surface area (Å²) in [5.41, 5.74) is 2.89. The summed E-state index contributed by atoms with van der Waals surface area (Å²) in [7, 11) is 0. The van der Waals surface area contributed by atoms with Gasteiger partial charge in [0.2, 0.25) is 0 Å². The summed E-state index contributed by atoms with van der Waals surface area (Å²) >= 11 is 0. The van der Waals surface area contributed by atoms with E-state index >= 15 is 0 Å². The Morgan fingerprint density at radius 2 is 1.47 bits per heavy atom. The van der Waals surface area contributed by atoms with Gasteiger partial charge in [0, 0.05) is 18.3 Å². The van der Waals surface area contributed by atoms with Crippen molar-refractivity contribution in [3.63, 3.8) is 0 Å². The molecule has 0 aromatic rings. The van der Waals surface area contributed by atoms with Crippen LogP contribution < -0.4 is 0 Å². The first kappa shape index (κ1) is 44.1. The van der Waals surface area contributed by atoms with Crippen LogP contribution in [0, 0.1) is 40.4 Å². The molecule has 60 heavy (non-hydrogen) atoms. The van der Waals surface area contributed by atoms with Crippen LogP contribution in [0.5, 0.6) is 0 Å². The quantitative estimate of drug-likeness (QED) is 0.165. The van der Waals surface area contributed by atoms with Crippen molar-refractivity contribution in [1.82, 2.24) is 0 Å². The average molecular weight is 853 g/mol. The summed E-state index contributed by atoms with van der Waals surface area (Å²) in [4.78, 5) is 0. The minimum atomic E-state index is -1.71. The van der Waals surface area contributed by atoms with Crippen LogP contribution in [0.3, 0.4) is 0 Å². The maximum Gasteiger partial charge on any atom is 0.187 e. The highest BCUT2D eigenvalue weighted by atomic mass is 16.8. The third-order valence-corrected chi connectivity index (χ3v) is 16.7. The van der Waals surface area contributed by atoms with E-state index in [1.807, 2.05) is 0 Å². The number of allylic oxidation sites excluding steroid dienone is 2. The molecule has 0 bridgehead atoms. The maximum atomic E-state index is 11.9. The lowest BCUT2D eigenvalue weighted by atomic mass is 9.48. The fraction of sp³-hybridized carbons (Fsp3) is 0.909. The summed E-state index contributed by atoms with van der Waals surface area (Å²) in [5.74, 6) is 1.66. The molecular formula is C44H68O16. The molecule has 1 spiro atoms. The average Bonchev–Trinajstić information content (AvgIpc) is 3.68. The van der Waals surface area contributed by atoms with Crippen LogP contribution in [-0.2, 0) is 37.9 Å². The normalized spacial score (nSPS) is 56.6. The van der Waals surface area contributed by atoms with Crippen molar-refractivity contribution < 1.29 is 78.7 Å². The monoisotopic (exact) mass is 852 g/mol. The van der Waals surface area contributed by atoms with Crippen molar-refractivity contribution in [2.24, 2.45) is 40.4 Å². The molecule has 0 radical (unpaired) electrons. The third-order valence-electron chi connectivity index (χ3n) is 16.7. The third kappa shape index (κ3) is 7.11. The van der Waals surface area contributed by atoms with Gasteiger partial charge in [0.1, 0.15) is 61.0 Å². The van der Waals surface area contributed by atoms with Crippen molar-refractivity contribution in [3.05, 3.63) is 23.3 Å². The summed E-state index contributed by atoms with van der Waals surface area (Å²) in [6.07, 6.45) is -8.44. The van der Waals surface area contributed by atoms with E-state index in [1.54, 1.807) is 5.57 Å². The van der Waals surface area contributed by atoms with Gasteiger partial charge in [0.15, 0.2) is 24.7 Å². The molecule has 24 unspecified atom stereocenters. The fourth-order valence-electron chi connectivity index (χ4n) is 13.0. The lowest BCUT2D eigenvalue weighted by Gasteiger charge is -2.57. The number of fused-ring (bicyclic) bond motifs is 7. The molecule has 2 saturated carbocycles. The van der Waals surface area contributed by atoms with Gasteiger partial charge >= 0.3 is 0 Å². The molecular weight excluding hydrogens is 784 g/mol. The van der Waals surface area contributed by atoms with Crippen molar-refractivity contribution in [2.75, 3.05) is 19.8 Å². The van der Waals surface area contributed by atoms with Crippen LogP contribution >= 0.6 is 0 Å². The summed E-state index contributed by atoms with van der Waals surface area (Å²) in [6.45, 7) is 10.7. The van der Waals surface area contributed by atoms with E-state index in [0.717, 1.165) is 45.1 Å². The zero-order chi connectivity index (χ0) is 42.6. The first-order valence-corrected chi connectivity index (χ1v) is 22.5. The zero-order valence-electron chi connectivity index (χ0n) is 35.4. The van der Waals surface area contributed by atoms with E-state index in [0.29, 0.717) is 42.4 Å². The maximum absolute atomic E-state index is 11.9. The van der Waals surface area contributed by atoms with Crippen molar-refractivity contribution >= 4 is 0 Å². The minimum absolute atomic E-state index is 0.0551. The Kier molecular flexibility index (Phi) is 12.0. The summed E-state index contributed by atoms with van der Waals surface area (Å²) in [6, 6.07) is 0.